The van der Waals surface area contributed by atoms with Crippen LogP contribution in [0.3, 0.4) is 0 Å². The Bertz CT molecular complexity index is 740. The Morgan fingerprint density at radius 1 is 1.19 bits per heavy atom. The number of carbonyl (C=O) groups is 1. The molecule has 26 heavy (non-hydrogen) atoms. The summed E-state index contributed by atoms with van der Waals surface area (Å²) < 4.78 is 2.24. The van der Waals surface area contributed by atoms with E-state index in [2.05, 4.69) is 53.0 Å². The molecule has 0 saturated heterocycles. The van der Waals surface area contributed by atoms with Gasteiger partial charge in [-0.3, -0.25) is 4.79 Å². The summed E-state index contributed by atoms with van der Waals surface area (Å²) in [4.78, 5) is 12.5. The Hall–Kier alpha value is -1.82. The van der Waals surface area contributed by atoms with Crippen molar-refractivity contribution in [2.75, 3.05) is 6.54 Å². The second kappa shape index (κ2) is 8.25. The third-order valence-electron chi connectivity index (χ3n) is 4.72. The molecule has 3 rings (SSSR count). The highest BCUT2D eigenvalue weighted by atomic mass is 32.2. The quantitative estimate of drug-likeness (QED) is 0.708. The van der Waals surface area contributed by atoms with E-state index in [4.69, 9.17) is 0 Å². The van der Waals surface area contributed by atoms with Gasteiger partial charge in [-0.15, -0.1) is 10.2 Å². The minimum Gasteiger partial charge on any atom is -0.355 e. The largest absolute Gasteiger partial charge is 0.355 e. The summed E-state index contributed by atoms with van der Waals surface area (Å²) in [6, 6.07) is 10.8. The van der Waals surface area contributed by atoms with Gasteiger partial charge in [0.2, 0.25) is 5.91 Å². The lowest BCUT2D eigenvalue weighted by molar-refractivity contribution is -0.120. The van der Waals surface area contributed by atoms with Crippen molar-refractivity contribution in [2.45, 2.75) is 68.8 Å². The molecule has 1 aromatic carbocycles. The maximum atomic E-state index is 12.5. The van der Waals surface area contributed by atoms with E-state index in [0.29, 0.717) is 24.4 Å². The van der Waals surface area contributed by atoms with Crippen LogP contribution in [0.25, 0.3) is 0 Å². The molecule has 1 aromatic heterocycles. The first-order valence-electron chi connectivity index (χ1n) is 9.41. The summed E-state index contributed by atoms with van der Waals surface area (Å²) in [6.07, 6.45) is 2.36. The monoisotopic (exact) mass is 372 g/mol. The number of rotatable bonds is 8. The summed E-state index contributed by atoms with van der Waals surface area (Å²) in [5.41, 5.74) is 1.24. The Balaban J connectivity index is 1.58. The number of carbonyl (C=O) groups excluding carboxylic acids is 1. The zero-order valence-corrected chi connectivity index (χ0v) is 16.8. The van der Waals surface area contributed by atoms with Gasteiger partial charge in [-0.2, -0.15) is 0 Å². The minimum absolute atomic E-state index is 0.0502. The summed E-state index contributed by atoms with van der Waals surface area (Å²) >= 11 is 1.51. The van der Waals surface area contributed by atoms with Crippen LogP contribution in [0.2, 0.25) is 0 Å². The number of nitrogens with one attached hydrogen (secondary N) is 1. The molecule has 2 aromatic rings. The number of hydrogen-bond acceptors (Lipinski definition) is 4. The van der Waals surface area contributed by atoms with E-state index in [9.17, 15) is 4.79 Å². The van der Waals surface area contributed by atoms with E-state index in [0.717, 1.165) is 11.0 Å². The number of aromatic nitrogens is 3. The number of thioether (sulfide) groups is 1. The zero-order chi connectivity index (χ0) is 18.7. The highest BCUT2D eigenvalue weighted by molar-refractivity contribution is 8.00. The molecule has 2 atom stereocenters. The summed E-state index contributed by atoms with van der Waals surface area (Å²) in [7, 11) is 0. The number of hydrogen-bond donors (Lipinski definition) is 1. The van der Waals surface area contributed by atoms with Crippen LogP contribution in [0.15, 0.2) is 35.5 Å². The van der Waals surface area contributed by atoms with Gasteiger partial charge in [0, 0.05) is 18.5 Å². The SMILES string of the molecule is CC(Sc1nnc(C(C)C)n1C1CC1)C(=O)NCC(C)c1ccccc1. The fourth-order valence-electron chi connectivity index (χ4n) is 2.95. The molecular weight excluding hydrogens is 344 g/mol. The lowest BCUT2D eigenvalue weighted by atomic mass is 10.0. The van der Waals surface area contributed by atoms with Gasteiger partial charge in [0.05, 0.1) is 5.25 Å². The van der Waals surface area contributed by atoms with E-state index in [1.54, 1.807) is 0 Å². The van der Waals surface area contributed by atoms with Crippen LogP contribution in [0.4, 0.5) is 0 Å². The molecule has 5 nitrogen and oxygen atoms in total. The first-order valence-corrected chi connectivity index (χ1v) is 10.3. The van der Waals surface area contributed by atoms with Crippen molar-refractivity contribution in [1.82, 2.24) is 20.1 Å². The van der Waals surface area contributed by atoms with Crippen LogP contribution >= 0.6 is 11.8 Å². The Morgan fingerprint density at radius 2 is 1.88 bits per heavy atom. The molecule has 140 valence electrons. The highest BCUT2D eigenvalue weighted by Gasteiger charge is 2.31. The molecule has 0 radical (unpaired) electrons. The number of amides is 1. The van der Waals surface area contributed by atoms with Crippen LogP contribution in [0, 0.1) is 0 Å². The molecule has 6 heteroatoms. The summed E-state index contributed by atoms with van der Waals surface area (Å²) in [5.74, 6) is 1.71. The zero-order valence-electron chi connectivity index (χ0n) is 16.0. The lowest BCUT2D eigenvalue weighted by Gasteiger charge is -2.16. The summed E-state index contributed by atoms with van der Waals surface area (Å²) in [6.45, 7) is 8.98. The van der Waals surface area contributed by atoms with E-state index >= 15 is 0 Å². The van der Waals surface area contributed by atoms with Gasteiger partial charge in [0.1, 0.15) is 5.82 Å². The average Bonchev–Trinajstić information content (AvgIpc) is 3.39. The average molecular weight is 373 g/mol. The molecule has 1 amide bonds. The fourth-order valence-corrected chi connectivity index (χ4v) is 3.90. The van der Waals surface area contributed by atoms with Crippen molar-refractivity contribution in [3.8, 4) is 0 Å². The first kappa shape index (κ1) is 19.0. The maximum absolute atomic E-state index is 12.5. The van der Waals surface area contributed by atoms with Gasteiger partial charge in [0.15, 0.2) is 5.16 Å². The fraction of sp³-hybridized carbons (Fsp3) is 0.550. The smallest absolute Gasteiger partial charge is 0.233 e. The normalized spacial score (nSPS) is 16.5. The van der Waals surface area contributed by atoms with E-state index in [1.807, 2.05) is 25.1 Å². The molecule has 1 heterocycles. The third-order valence-corrected chi connectivity index (χ3v) is 5.78. The molecule has 1 saturated carbocycles. The second-order valence-corrected chi connectivity index (χ2v) is 8.72. The van der Waals surface area contributed by atoms with Gasteiger partial charge in [0.25, 0.3) is 0 Å². The Morgan fingerprint density at radius 3 is 2.50 bits per heavy atom. The van der Waals surface area contributed by atoms with Crippen molar-refractivity contribution in [3.63, 3.8) is 0 Å². The van der Waals surface area contributed by atoms with Crippen molar-refractivity contribution < 1.29 is 4.79 Å². The standard InChI is InChI=1S/C20H28N4OS/c1-13(2)18-22-23-20(24(18)17-10-11-17)26-15(4)19(25)21-12-14(3)16-8-6-5-7-9-16/h5-9,13-15,17H,10-12H2,1-4H3,(H,21,25). The van der Waals surface area contributed by atoms with Gasteiger partial charge >= 0.3 is 0 Å². The molecule has 2 unspecified atom stereocenters. The van der Waals surface area contributed by atoms with Crippen LogP contribution < -0.4 is 5.32 Å². The Kier molecular flexibility index (Phi) is 6.01. The lowest BCUT2D eigenvalue weighted by Crippen LogP contribution is -2.33. The molecule has 0 spiro atoms. The van der Waals surface area contributed by atoms with Crippen LogP contribution in [-0.4, -0.2) is 32.5 Å². The number of nitrogens with zero attached hydrogens (tertiary/aromatic N) is 3. The maximum Gasteiger partial charge on any atom is 0.233 e. The highest BCUT2D eigenvalue weighted by Crippen LogP contribution is 2.40. The van der Waals surface area contributed by atoms with E-state index in [-0.39, 0.29) is 11.2 Å². The predicted molar refractivity (Wildman–Crippen MR) is 106 cm³/mol. The molecular formula is C20H28N4OS. The Labute approximate surface area is 160 Å². The van der Waals surface area contributed by atoms with Crippen molar-refractivity contribution in [3.05, 3.63) is 41.7 Å². The second-order valence-electron chi connectivity index (χ2n) is 7.41. The topological polar surface area (TPSA) is 59.8 Å². The molecule has 1 N–H and O–H groups in total. The van der Waals surface area contributed by atoms with Gasteiger partial charge < -0.3 is 9.88 Å². The van der Waals surface area contributed by atoms with Crippen LogP contribution in [0.5, 0.6) is 0 Å². The molecule has 0 bridgehead atoms. The van der Waals surface area contributed by atoms with Crippen molar-refractivity contribution >= 4 is 17.7 Å². The number of benzene rings is 1. The first-order chi connectivity index (χ1) is 12.5. The molecule has 1 fully saturated rings. The predicted octanol–water partition coefficient (Wildman–Crippen LogP) is 4.14. The molecule has 1 aliphatic rings. The van der Waals surface area contributed by atoms with Crippen molar-refractivity contribution in [1.29, 1.82) is 0 Å². The van der Waals surface area contributed by atoms with Crippen LogP contribution in [-0.2, 0) is 4.79 Å². The minimum atomic E-state index is -0.195. The molecule has 1 aliphatic carbocycles. The van der Waals surface area contributed by atoms with Gasteiger partial charge in [-0.25, -0.2) is 0 Å². The van der Waals surface area contributed by atoms with Gasteiger partial charge in [-0.1, -0.05) is 62.9 Å². The van der Waals surface area contributed by atoms with Gasteiger partial charge in [-0.05, 0) is 31.2 Å². The third kappa shape index (κ3) is 4.47. The van der Waals surface area contributed by atoms with E-state index in [1.165, 1.54) is 30.2 Å². The van der Waals surface area contributed by atoms with E-state index < -0.39 is 0 Å². The summed E-state index contributed by atoms with van der Waals surface area (Å²) in [5, 5.41) is 12.5. The van der Waals surface area contributed by atoms with Crippen LogP contribution in [0.1, 0.15) is 69.8 Å². The van der Waals surface area contributed by atoms with Crippen molar-refractivity contribution in [2.24, 2.45) is 0 Å². The molecule has 0 aliphatic heterocycles.